The lowest BCUT2D eigenvalue weighted by atomic mass is 9.74. The van der Waals surface area contributed by atoms with Crippen LogP contribution in [0.15, 0.2) is 6.33 Å². The first-order chi connectivity index (χ1) is 9.40. The second kappa shape index (κ2) is 6.04. The molecule has 0 radical (unpaired) electrons. The van der Waals surface area contributed by atoms with Gasteiger partial charge in [-0.2, -0.15) is 5.10 Å². The summed E-state index contributed by atoms with van der Waals surface area (Å²) in [6, 6.07) is 0. The highest BCUT2D eigenvalue weighted by atomic mass is 16.1. The van der Waals surface area contributed by atoms with Crippen molar-refractivity contribution in [2.45, 2.75) is 65.0 Å². The minimum atomic E-state index is -0.660. The first-order valence-corrected chi connectivity index (χ1v) is 7.59. The van der Waals surface area contributed by atoms with Crippen LogP contribution in [0, 0.1) is 11.8 Å². The summed E-state index contributed by atoms with van der Waals surface area (Å²) in [5, 5.41) is 4.20. The summed E-state index contributed by atoms with van der Waals surface area (Å²) in [5.74, 6) is 1.87. The lowest BCUT2D eigenvalue weighted by Gasteiger charge is -2.35. The van der Waals surface area contributed by atoms with Crippen molar-refractivity contribution in [1.29, 1.82) is 0 Å². The van der Waals surface area contributed by atoms with Gasteiger partial charge in [0.2, 0.25) is 0 Å². The summed E-state index contributed by atoms with van der Waals surface area (Å²) < 4.78 is 1.83. The summed E-state index contributed by atoms with van der Waals surface area (Å²) in [5.41, 5.74) is 5.69. The highest BCUT2D eigenvalue weighted by Crippen LogP contribution is 2.31. The van der Waals surface area contributed by atoms with E-state index in [0.717, 1.165) is 31.6 Å². The van der Waals surface area contributed by atoms with Crippen molar-refractivity contribution in [2.75, 3.05) is 0 Å². The molecule has 2 rings (SSSR count). The van der Waals surface area contributed by atoms with Crippen LogP contribution in [-0.2, 0) is 17.8 Å². The standard InChI is InChI=1S/C15H26N4O/c1-11(2)9-19-14(17-10-18-19)7-13(20)15(16)6-4-5-12(3)8-15/h10-12H,4-9,16H2,1-3H3. The first-order valence-electron chi connectivity index (χ1n) is 7.59. The Hall–Kier alpha value is -1.23. The van der Waals surface area contributed by atoms with Gasteiger partial charge in [-0.05, 0) is 24.7 Å². The van der Waals surface area contributed by atoms with Gasteiger partial charge in [0, 0.05) is 6.54 Å². The van der Waals surface area contributed by atoms with E-state index in [9.17, 15) is 4.79 Å². The Kier molecular flexibility index (Phi) is 4.58. The molecule has 1 saturated carbocycles. The number of ketones is 1. The third-order valence-corrected chi connectivity index (χ3v) is 4.14. The average molecular weight is 278 g/mol. The van der Waals surface area contributed by atoms with Gasteiger partial charge in [0.15, 0.2) is 5.78 Å². The van der Waals surface area contributed by atoms with Crippen LogP contribution < -0.4 is 5.73 Å². The lowest BCUT2D eigenvalue weighted by Crippen LogP contribution is -2.51. The summed E-state index contributed by atoms with van der Waals surface area (Å²) in [6.45, 7) is 7.22. The Balaban J connectivity index is 2.06. The first kappa shape index (κ1) is 15.2. The maximum Gasteiger partial charge on any atom is 0.160 e. The maximum atomic E-state index is 12.6. The van der Waals surface area contributed by atoms with Gasteiger partial charge >= 0.3 is 0 Å². The molecule has 112 valence electrons. The molecule has 0 aromatic carbocycles. The summed E-state index contributed by atoms with van der Waals surface area (Å²) in [7, 11) is 0. The van der Waals surface area contributed by atoms with Gasteiger partial charge in [0.05, 0.1) is 12.0 Å². The molecule has 5 nitrogen and oxygen atoms in total. The van der Waals surface area contributed by atoms with Crippen molar-refractivity contribution in [3.05, 3.63) is 12.2 Å². The van der Waals surface area contributed by atoms with Crippen LogP contribution in [0.1, 0.15) is 52.3 Å². The van der Waals surface area contributed by atoms with Crippen LogP contribution in [-0.4, -0.2) is 26.1 Å². The van der Waals surface area contributed by atoms with Gasteiger partial charge in [-0.1, -0.05) is 33.6 Å². The zero-order valence-corrected chi connectivity index (χ0v) is 12.8. The molecule has 1 heterocycles. The van der Waals surface area contributed by atoms with Crippen LogP contribution in [0.4, 0.5) is 0 Å². The van der Waals surface area contributed by atoms with Crippen molar-refractivity contribution in [2.24, 2.45) is 17.6 Å². The van der Waals surface area contributed by atoms with Gasteiger partial charge in [-0.15, -0.1) is 0 Å². The van der Waals surface area contributed by atoms with Crippen LogP contribution in [0.2, 0.25) is 0 Å². The smallest absolute Gasteiger partial charge is 0.160 e. The molecule has 20 heavy (non-hydrogen) atoms. The number of Topliss-reactive ketones (excluding diaryl/α,β-unsaturated/α-hetero) is 1. The normalized spacial score (nSPS) is 26.9. The SMILES string of the molecule is CC(C)Cn1ncnc1CC(=O)C1(N)CCCC(C)C1. The van der Waals surface area contributed by atoms with E-state index in [2.05, 4.69) is 30.9 Å². The number of nitrogens with zero attached hydrogens (tertiary/aromatic N) is 3. The van der Waals surface area contributed by atoms with Crippen LogP contribution >= 0.6 is 0 Å². The number of hydrogen-bond acceptors (Lipinski definition) is 4. The highest BCUT2D eigenvalue weighted by Gasteiger charge is 2.38. The lowest BCUT2D eigenvalue weighted by molar-refractivity contribution is -0.125. The second-order valence-electron chi connectivity index (χ2n) is 6.71. The second-order valence-corrected chi connectivity index (χ2v) is 6.71. The van der Waals surface area contributed by atoms with E-state index in [1.807, 2.05) is 4.68 Å². The van der Waals surface area contributed by atoms with Crippen LogP contribution in [0.3, 0.4) is 0 Å². The Morgan fingerprint density at radius 1 is 1.60 bits per heavy atom. The van der Waals surface area contributed by atoms with E-state index in [0.29, 0.717) is 18.3 Å². The fourth-order valence-electron chi connectivity index (χ4n) is 3.09. The van der Waals surface area contributed by atoms with Crippen molar-refractivity contribution in [3.8, 4) is 0 Å². The number of rotatable bonds is 5. The van der Waals surface area contributed by atoms with Crippen molar-refractivity contribution < 1.29 is 4.79 Å². The molecule has 0 bridgehead atoms. The van der Waals surface area contributed by atoms with E-state index >= 15 is 0 Å². The van der Waals surface area contributed by atoms with Gasteiger partial charge in [0.25, 0.3) is 0 Å². The third-order valence-electron chi connectivity index (χ3n) is 4.14. The summed E-state index contributed by atoms with van der Waals surface area (Å²) >= 11 is 0. The van der Waals surface area contributed by atoms with Crippen LogP contribution in [0.25, 0.3) is 0 Å². The molecule has 1 aliphatic carbocycles. The number of hydrogen-bond donors (Lipinski definition) is 1. The number of nitrogens with two attached hydrogens (primary N) is 1. The van der Waals surface area contributed by atoms with Gasteiger partial charge in [-0.25, -0.2) is 9.67 Å². The fourth-order valence-corrected chi connectivity index (χ4v) is 3.09. The minimum absolute atomic E-state index is 0.113. The minimum Gasteiger partial charge on any atom is -0.319 e. The molecule has 0 aliphatic heterocycles. The molecule has 1 fully saturated rings. The maximum absolute atomic E-state index is 12.6. The molecule has 2 N–H and O–H groups in total. The van der Waals surface area contributed by atoms with E-state index in [1.54, 1.807) is 0 Å². The quantitative estimate of drug-likeness (QED) is 0.893. The Morgan fingerprint density at radius 2 is 2.35 bits per heavy atom. The molecule has 1 aliphatic rings. The zero-order chi connectivity index (χ0) is 14.8. The summed E-state index contributed by atoms with van der Waals surface area (Å²) in [4.78, 5) is 16.8. The monoisotopic (exact) mass is 278 g/mol. The molecular weight excluding hydrogens is 252 g/mol. The molecule has 2 unspecified atom stereocenters. The molecule has 1 aromatic rings. The van der Waals surface area contributed by atoms with Gasteiger partial charge < -0.3 is 5.73 Å². The predicted octanol–water partition coefficient (Wildman–Crippen LogP) is 1.95. The van der Waals surface area contributed by atoms with E-state index in [1.165, 1.54) is 12.7 Å². The number of aromatic nitrogens is 3. The largest absolute Gasteiger partial charge is 0.319 e. The van der Waals surface area contributed by atoms with Crippen LogP contribution in [0.5, 0.6) is 0 Å². The number of carbonyl (C=O) groups excluding carboxylic acids is 1. The fraction of sp³-hybridized carbons (Fsp3) is 0.800. The molecule has 0 spiro atoms. The van der Waals surface area contributed by atoms with Gasteiger partial charge in [0.1, 0.15) is 12.2 Å². The molecule has 1 aromatic heterocycles. The zero-order valence-electron chi connectivity index (χ0n) is 12.8. The van der Waals surface area contributed by atoms with E-state index in [-0.39, 0.29) is 5.78 Å². The Labute approximate surface area is 120 Å². The van der Waals surface area contributed by atoms with E-state index in [4.69, 9.17) is 5.73 Å². The van der Waals surface area contributed by atoms with Crippen molar-refractivity contribution in [1.82, 2.24) is 14.8 Å². The van der Waals surface area contributed by atoms with E-state index < -0.39 is 5.54 Å². The third kappa shape index (κ3) is 3.45. The molecule has 2 atom stereocenters. The highest BCUT2D eigenvalue weighted by molar-refractivity contribution is 5.89. The molecule has 0 saturated heterocycles. The summed E-state index contributed by atoms with van der Waals surface area (Å²) in [6.07, 6.45) is 5.64. The number of carbonyl (C=O) groups is 1. The molecule has 5 heteroatoms. The topological polar surface area (TPSA) is 73.8 Å². The predicted molar refractivity (Wildman–Crippen MR) is 78.1 cm³/mol. The Bertz CT molecular complexity index is 468. The Morgan fingerprint density at radius 3 is 3.00 bits per heavy atom. The average Bonchev–Trinajstić information content (AvgIpc) is 2.75. The van der Waals surface area contributed by atoms with Crippen molar-refractivity contribution in [3.63, 3.8) is 0 Å². The molecule has 0 amide bonds. The molecular formula is C15H26N4O. The van der Waals surface area contributed by atoms with Gasteiger partial charge in [-0.3, -0.25) is 4.79 Å². The van der Waals surface area contributed by atoms with Crippen molar-refractivity contribution >= 4 is 5.78 Å².